The number of nitrogens with zero attached hydrogens (tertiary/aromatic N) is 1. The van der Waals surface area contributed by atoms with Crippen LogP contribution in [-0.2, 0) is 0 Å². The highest BCUT2D eigenvalue weighted by Crippen LogP contribution is 2.16. The molecule has 2 saturated heterocycles. The molecule has 0 aromatic carbocycles. The van der Waals surface area contributed by atoms with Crippen LogP contribution in [0.25, 0.3) is 0 Å². The Balaban J connectivity index is 1.82. The molecule has 0 aromatic rings. The van der Waals surface area contributed by atoms with Crippen LogP contribution in [0, 0.1) is 0 Å². The smallest absolute Gasteiger partial charge is 0.0221 e. The van der Waals surface area contributed by atoms with E-state index in [4.69, 9.17) is 0 Å². The van der Waals surface area contributed by atoms with Gasteiger partial charge in [-0.1, -0.05) is 12.8 Å². The normalized spacial score (nSPS) is 32.8. The van der Waals surface area contributed by atoms with E-state index in [2.05, 4.69) is 10.2 Å². The summed E-state index contributed by atoms with van der Waals surface area (Å²) in [6.45, 7) is 5.18. The molecule has 0 amide bonds. The van der Waals surface area contributed by atoms with Crippen molar-refractivity contribution in [2.75, 3.05) is 26.2 Å². The van der Waals surface area contributed by atoms with Gasteiger partial charge >= 0.3 is 0 Å². The van der Waals surface area contributed by atoms with E-state index in [-0.39, 0.29) is 0 Å². The molecule has 1 N–H and O–H groups in total. The fraction of sp³-hybridized carbons (Fsp3) is 1.00. The Bertz CT molecular complexity index is 133. The van der Waals surface area contributed by atoms with Crippen LogP contribution in [0.4, 0.5) is 0 Å². The molecule has 2 heteroatoms. The third-order valence-corrected chi connectivity index (χ3v) is 3.43. The number of likely N-dealkylation sites (tertiary alicyclic amines) is 1. The Labute approximate surface area is 81.7 Å². The molecular formula is C11H22N2. The summed E-state index contributed by atoms with van der Waals surface area (Å²) in [6, 6.07) is 0.854. The van der Waals surface area contributed by atoms with Crippen molar-refractivity contribution in [2.24, 2.45) is 0 Å². The maximum Gasteiger partial charge on any atom is 0.0221 e. The third kappa shape index (κ3) is 2.68. The van der Waals surface area contributed by atoms with Gasteiger partial charge in [0, 0.05) is 12.6 Å². The van der Waals surface area contributed by atoms with Gasteiger partial charge in [-0.2, -0.15) is 0 Å². The molecule has 1 atom stereocenters. The van der Waals surface area contributed by atoms with Gasteiger partial charge in [0.25, 0.3) is 0 Å². The van der Waals surface area contributed by atoms with Crippen molar-refractivity contribution in [3.05, 3.63) is 0 Å². The Hall–Kier alpha value is -0.0800. The SMILES string of the molecule is C1CCCN(C2CCCNC2)CC1. The third-order valence-electron chi connectivity index (χ3n) is 3.43. The van der Waals surface area contributed by atoms with Crippen molar-refractivity contribution in [3.63, 3.8) is 0 Å². The molecule has 2 aliphatic heterocycles. The van der Waals surface area contributed by atoms with E-state index >= 15 is 0 Å². The zero-order valence-corrected chi connectivity index (χ0v) is 8.60. The van der Waals surface area contributed by atoms with Gasteiger partial charge in [0.15, 0.2) is 0 Å². The quantitative estimate of drug-likeness (QED) is 0.663. The molecule has 76 valence electrons. The van der Waals surface area contributed by atoms with Crippen molar-refractivity contribution in [3.8, 4) is 0 Å². The van der Waals surface area contributed by atoms with Crippen molar-refractivity contribution in [1.29, 1.82) is 0 Å². The van der Waals surface area contributed by atoms with Gasteiger partial charge in [-0.25, -0.2) is 0 Å². The second-order valence-electron chi connectivity index (χ2n) is 4.45. The molecule has 0 radical (unpaired) electrons. The minimum atomic E-state index is 0.854. The lowest BCUT2D eigenvalue weighted by molar-refractivity contribution is 0.172. The average molecular weight is 182 g/mol. The zero-order chi connectivity index (χ0) is 8.93. The monoisotopic (exact) mass is 182 g/mol. The van der Waals surface area contributed by atoms with Crippen LogP contribution >= 0.6 is 0 Å². The van der Waals surface area contributed by atoms with E-state index in [9.17, 15) is 0 Å². The van der Waals surface area contributed by atoms with Gasteiger partial charge in [0.2, 0.25) is 0 Å². The maximum absolute atomic E-state index is 3.51. The molecule has 0 spiro atoms. The summed E-state index contributed by atoms with van der Waals surface area (Å²) >= 11 is 0. The molecule has 0 saturated carbocycles. The van der Waals surface area contributed by atoms with Crippen LogP contribution in [0.1, 0.15) is 38.5 Å². The van der Waals surface area contributed by atoms with Crippen LogP contribution in [0.15, 0.2) is 0 Å². The van der Waals surface area contributed by atoms with Crippen molar-refractivity contribution < 1.29 is 0 Å². The molecule has 2 fully saturated rings. The molecule has 0 bridgehead atoms. The zero-order valence-electron chi connectivity index (χ0n) is 8.60. The van der Waals surface area contributed by atoms with E-state index in [0.29, 0.717) is 0 Å². The number of hydrogen-bond donors (Lipinski definition) is 1. The molecule has 2 nitrogen and oxygen atoms in total. The van der Waals surface area contributed by atoms with Crippen molar-refractivity contribution in [2.45, 2.75) is 44.6 Å². The lowest BCUT2D eigenvalue weighted by Crippen LogP contribution is -2.46. The van der Waals surface area contributed by atoms with Crippen LogP contribution in [0.2, 0.25) is 0 Å². The second kappa shape index (κ2) is 4.97. The largest absolute Gasteiger partial charge is 0.315 e. The van der Waals surface area contributed by atoms with E-state index in [1.807, 2.05) is 0 Å². The minimum absolute atomic E-state index is 0.854. The number of rotatable bonds is 1. The summed E-state index contributed by atoms with van der Waals surface area (Å²) in [4.78, 5) is 2.72. The molecule has 0 aromatic heterocycles. The van der Waals surface area contributed by atoms with Gasteiger partial charge in [0.05, 0.1) is 0 Å². The number of nitrogens with one attached hydrogen (secondary N) is 1. The number of piperidine rings is 1. The van der Waals surface area contributed by atoms with Crippen LogP contribution in [-0.4, -0.2) is 37.1 Å². The second-order valence-corrected chi connectivity index (χ2v) is 4.45. The first-order valence-corrected chi connectivity index (χ1v) is 5.91. The summed E-state index contributed by atoms with van der Waals surface area (Å²) in [5.41, 5.74) is 0. The standard InChI is InChI=1S/C11H22N2/c1-2-4-9-13(8-3-1)11-6-5-7-12-10-11/h11-12H,1-10H2. The molecule has 1 unspecified atom stereocenters. The summed E-state index contributed by atoms with van der Waals surface area (Å²) < 4.78 is 0. The molecule has 2 aliphatic rings. The number of hydrogen-bond acceptors (Lipinski definition) is 2. The highest BCUT2D eigenvalue weighted by Gasteiger charge is 2.20. The first-order valence-electron chi connectivity index (χ1n) is 5.91. The summed E-state index contributed by atoms with van der Waals surface area (Å²) in [6.07, 6.45) is 8.56. The highest BCUT2D eigenvalue weighted by molar-refractivity contribution is 4.79. The van der Waals surface area contributed by atoms with E-state index < -0.39 is 0 Å². The van der Waals surface area contributed by atoms with Crippen LogP contribution in [0.3, 0.4) is 0 Å². The van der Waals surface area contributed by atoms with Crippen molar-refractivity contribution >= 4 is 0 Å². The first kappa shape index (κ1) is 9.47. The van der Waals surface area contributed by atoms with Gasteiger partial charge < -0.3 is 5.32 Å². The Kier molecular flexibility index (Phi) is 3.62. The maximum atomic E-state index is 3.51. The summed E-state index contributed by atoms with van der Waals surface area (Å²) in [7, 11) is 0. The molecule has 2 heterocycles. The average Bonchev–Trinajstić information content (AvgIpc) is 2.47. The Morgan fingerprint density at radius 2 is 1.69 bits per heavy atom. The topological polar surface area (TPSA) is 15.3 Å². The fourth-order valence-electron chi connectivity index (χ4n) is 2.61. The molecular weight excluding hydrogens is 160 g/mol. The van der Waals surface area contributed by atoms with Crippen molar-refractivity contribution in [1.82, 2.24) is 10.2 Å². The minimum Gasteiger partial charge on any atom is -0.315 e. The summed E-state index contributed by atoms with van der Waals surface area (Å²) in [5.74, 6) is 0. The van der Waals surface area contributed by atoms with Crippen LogP contribution in [0.5, 0.6) is 0 Å². The van der Waals surface area contributed by atoms with Gasteiger partial charge in [-0.05, 0) is 45.3 Å². The predicted octanol–water partition coefficient (Wildman–Crippen LogP) is 1.61. The highest BCUT2D eigenvalue weighted by atomic mass is 15.2. The molecule has 2 rings (SSSR count). The van der Waals surface area contributed by atoms with Gasteiger partial charge in [-0.15, -0.1) is 0 Å². The molecule has 13 heavy (non-hydrogen) atoms. The lowest BCUT2D eigenvalue weighted by Gasteiger charge is -2.33. The fourth-order valence-corrected chi connectivity index (χ4v) is 2.61. The van der Waals surface area contributed by atoms with E-state index in [1.54, 1.807) is 0 Å². The van der Waals surface area contributed by atoms with Gasteiger partial charge in [0.1, 0.15) is 0 Å². The molecule has 0 aliphatic carbocycles. The summed E-state index contributed by atoms with van der Waals surface area (Å²) in [5, 5.41) is 3.51. The lowest BCUT2D eigenvalue weighted by atomic mass is 10.1. The van der Waals surface area contributed by atoms with E-state index in [0.717, 1.165) is 6.04 Å². The predicted molar refractivity (Wildman–Crippen MR) is 55.9 cm³/mol. The van der Waals surface area contributed by atoms with E-state index in [1.165, 1.54) is 64.7 Å². The first-order chi connectivity index (χ1) is 6.47. The Morgan fingerprint density at radius 1 is 0.923 bits per heavy atom. The Morgan fingerprint density at radius 3 is 2.31 bits per heavy atom. The van der Waals surface area contributed by atoms with Crippen LogP contribution < -0.4 is 5.32 Å². The van der Waals surface area contributed by atoms with Gasteiger partial charge in [-0.3, -0.25) is 4.90 Å².